The summed E-state index contributed by atoms with van der Waals surface area (Å²) in [6.45, 7) is 1.50. The Balaban J connectivity index is 1.75. The number of nitrogens with zero attached hydrogens (tertiary/aromatic N) is 3. The zero-order valence-corrected chi connectivity index (χ0v) is 15.8. The van der Waals surface area contributed by atoms with Crippen molar-refractivity contribution >= 4 is 27.3 Å². The first-order valence-corrected chi connectivity index (χ1v) is 11.0. The molecular formula is C18H20ClN3O3S. The fourth-order valence-electron chi connectivity index (χ4n) is 3.66. The summed E-state index contributed by atoms with van der Waals surface area (Å²) in [6, 6.07) is 8.82. The van der Waals surface area contributed by atoms with E-state index in [0.29, 0.717) is 17.1 Å². The fourth-order valence-corrected chi connectivity index (χ4v) is 5.48. The molecule has 4 rings (SSSR count). The molecule has 2 fully saturated rings. The standard InChI is InChI=1S/C18H20ClN3O3S/c19-14-5-3-13(4-6-14)17-11-16(18(23)21-8-1-2-9-21)20-22(17)15-7-10-26(24,25)12-15/h3-6,11,15H,1-2,7-10,12H2. The molecule has 2 aromatic rings. The van der Waals surface area contributed by atoms with Crippen molar-refractivity contribution in [2.24, 2.45) is 0 Å². The second-order valence-electron chi connectivity index (χ2n) is 6.92. The highest BCUT2D eigenvalue weighted by Gasteiger charge is 2.33. The van der Waals surface area contributed by atoms with E-state index in [-0.39, 0.29) is 23.5 Å². The van der Waals surface area contributed by atoms with Crippen molar-refractivity contribution in [3.63, 3.8) is 0 Å². The van der Waals surface area contributed by atoms with Gasteiger partial charge in [-0.3, -0.25) is 9.48 Å². The van der Waals surface area contributed by atoms with Crippen LogP contribution in [0.25, 0.3) is 11.3 Å². The van der Waals surface area contributed by atoms with Crippen molar-refractivity contribution in [2.75, 3.05) is 24.6 Å². The van der Waals surface area contributed by atoms with Crippen molar-refractivity contribution in [1.29, 1.82) is 0 Å². The summed E-state index contributed by atoms with van der Waals surface area (Å²) in [6.07, 6.45) is 2.54. The Morgan fingerprint density at radius 1 is 1.15 bits per heavy atom. The van der Waals surface area contributed by atoms with E-state index in [1.807, 2.05) is 17.0 Å². The van der Waals surface area contributed by atoms with Crippen LogP contribution >= 0.6 is 11.6 Å². The third-order valence-electron chi connectivity index (χ3n) is 5.04. The van der Waals surface area contributed by atoms with E-state index >= 15 is 0 Å². The lowest BCUT2D eigenvalue weighted by Crippen LogP contribution is -2.28. The van der Waals surface area contributed by atoms with Gasteiger partial charge in [0, 0.05) is 18.1 Å². The van der Waals surface area contributed by atoms with Crippen LogP contribution in [0.3, 0.4) is 0 Å². The molecule has 1 amide bonds. The number of likely N-dealkylation sites (tertiary alicyclic amines) is 1. The molecule has 1 aromatic heterocycles. The molecule has 8 heteroatoms. The minimum atomic E-state index is -3.05. The zero-order valence-electron chi connectivity index (χ0n) is 14.3. The molecule has 2 aliphatic rings. The number of hydrogen-bond donors (Lipinski definition) is 0. The molecule has 0 saturated carbocycles. The van der Waals surface area contributed by atoms with E-state index in [4.69, 9.17) is 11.6 Å². The summed E-state index contributed by atoms with van der Waals surface area (Å²) in [7, 11) is -3.05. The zero-order chi connectivity index (χ0) is 18.3. The van der Waals surface area contributed by atoms with Crippen LogP contribution < -0.4 is 0 Å². The van der Waals surface area contributed by atoms with Gasteiger partial charge in [0.05, 0.1) is 23.2 Å². The van der Waals surface area contributed by atoms with Gasteiger partial charge in [0.1, 0.15) is 0 Å². The number of rotatable bonds is 3. The molecule has 26 heavy (non-hydrogen) atoms. The SMILES string of the molecule is O=C(c1cc(-c2ccc(Cl)cc2)n(C2CCS(=O)(=O)C2)n1)N1CCCC1. The summed E-state index contributed by atoms with van der Waals surface area (Å²) in [5.74, 6) is 0.136. The van der Waals surface area contributed by atoms with Crippen molar-refractivity contribution in [3.05, 3.63) is 41.0 Å². The lowest BCUT2D eigenvalue weighted by Gasteiger charge is -2.14. The second kappa shape index (κ2) is 6.70. The maximum absolute atomic E-state index is 12.8. The first-order valence-electron chi connectivity index (χ1n) is 8.78. The Morgan fingerprint density at radius 3 is 2.46 bits per heavy atom. The predicted octanol–water partition coefficient (Wildman–Crippen LogP) is 2.80. The minimum Gasteiger partial charge on any atom is -0.337 e. The molecule has 0 bridgehead atoms. The van der Waals surface area contributed by atoms with Crippen LogP contribution in [0.5, 0.6) is 0 Å². The van der Waals surface area contributed by atoms with Gasteiger partial charge < -0.3 is 4.90 Å². The smallest absolute Gasteiger partial charge is 0.274 e. The van der Waals surface area contributed by atoms with Gasteiger partial charge in [-0.25, -0.2) is 8.42 Å². The van der Waals surface area contributed by atoms with Gasteiger partial charge in [-0.2, -0.15) is 5.10 Å². The molecule has 0 spiro atoms. The van der Waals surface area contributed by atoms with Gasteiger partial charge in [0.2, 0.25) is 0 Å². The Hall–Kier alpha value is -1.86. The second-order valence-corrected chi connectivity index (χ2v) is 9.59. The summed E-state index contributed by atoms with van der Waals surface area (Å²) < 4.78 is 25.6. The highest BCUT2D eigenvalue weighted by Crippen LogP contribution is 2.31. The average Bonchev–Trinajstić information content (AvgIpc) is 3.33. The Labute approximate surface area is 157 Å². The van der Waals surface area contributed by atoms with Crippen LogP contribution in [-0.4, -0.2) is 53.6 Å². The van der Waals surface area contributed by atoms with Crippen molar-refractivity contribution < 1.29 is 13.2 Å². The van der Waals surface area contributed by atoms with Gasteiger partial charge in [0.15, 0.2) is 15.5 Å². The highest BCUT2D eigenvalue weighted by molar-refractivity contribution is 7.91. The molecule has 0 radical (unpaired) electrons. The molecule has 1 aromatic carbocycles. The van der Waals surface area contributed by atoms with Gasteiger partial charge in [-0.05, 0) is 43.0 Å². The molecule has 138 valence electrons. The molecule has 0 N–H and O–H groups in total. The van der Waals surface area contributed by atoms with E-state index in [2.05, 4.69) is 5.10 Å². The number of carbonyl (C=O) groups excluding carboxylic acids is 1. The first kappa shape index (κ1) is 17.5. The topological polar surface area (TPSA) is 72.3 Å². The maximum atomic E-state index is 12.8. The van der Waals surface area contributed by atoms with Crippen LogP contribution in [-0.2, 0) is 9.84 Å². The summed E-state index contributed by atoms with van der Waals surface area (Å²) in [5, 5.41) is 5.15. The van der Waals surface area contributed by atoms with Crippen LogP contribution in [0.2, 0.25) is 5.02 Å². The van der Waals surface area contributed by atoms with E-state index in [1.54, 1.807) is 22.9 Å². The molecule has 2 aliphatic heterocycles. The Kier molecular flexibility index (Phi) is 4.52. The van der Waals surface area contributed by atoms with Crippen LogP contribution in [0.15, 0.2) is 30.3 Å². The molecule has 1 atom stereocenters. The lowest BCUT2D eigenvalue weighted by molar-refractivity contribution is 0.0786. The van der Waals surface area contributed by atoms with E-state index in [1.165, 1.54) is 0 Å². The Bertz CT molecular complexity index is 931. The molecular weight excluding hydrogens is 374 g/mol. The number of halogens is 1. The fraction of sp³-hybridized carbons (Fsp3) is 0.444. The highest BCUT2D eigenvalue weighted by atomic mass is 35.5. The van der Waals surface area contributed by atoms with Crippen molar-refractivity contribution in [3.8, 4) is 11.3 Å². The van der Waals surface area contributed by atoms with Crippen LogP contribution in [0, 0.1) is 0 Å². The monoisotopic (exact) mass is 393 g/mol. The molecule has 2 saturated heterocycles. The van der Waals surface area contributed by atoms with Crippen LogP contribution in [0.4, 0.5) is 0 Å². The summed E-state index contributed by atoms with van der Waals surface area (Å²) >= 11 is 5.98. The third-order valence-corrected chi connectivity index (χ3v) is 7.04. The number of hydrogen-bond acceptors (Lipinski definition) is 4. The van der Waals surface area contributed by atoms with Gasteiger partial charge >= 0.3 is 0 Å². The van der Waals surface area contributed by atoms with Gasteiger partial charge in [0.25, 0.3) is 5.91 Å². The van der Waals surface area contributed by atoms with Gasteiger partial charge in [-0.15, -0.1) is 0 Å². The number of benzene rings is 1. The lowest BCUT2D eigenvalue weighted by atomic mass is 10.1. The average molecular weight is 394 g/mol. The summed E-state index contributed by atoms with van der Waals surface area (Å²) in [4.78, 5) is 14.6. The van der Waals surface area contributed by atoms with Gasteiger partial charge in [-0.1, -0.05) is 23.7 Å². The van der Waals surface area contributed by atoms with E-state index in [0.717, 1.165) is 37.2 Å². The molecule has 1 unspecified atom stereocenters. The maximum Gasteiger partial charge on any atom is 0.274 e. The largest absolute Gasteiger partial charge is 0.337 e. The molecule has 3 heterocycles. The normalized spacial score (nSPS) is 22.0. The van der Waals surface area contributed by atoms with Crippen molar-refractivity contribution in [2.45, 2.75) is 25.3 Å². The van der Waals surface area contributed by atoms with Crippen molar-refractivity contribution in [1.82, 2.24) is 14.7 Å². The summed E-state index contributed by atoms with van der Waals surface area (Å²) in [5.41, 5.74) is 2.00. The number of aromatic nitrogens is 2. The van der Waals surface area contributed by atoms with Crippen LogP contribution in [0.1, 0.15) is 35.8 Å². The first-order chi connectivity index (χ1) is 12.4. The molecule has 0 aliphatic carbocycles. The Morgan fingerprint density at radius 2 is 1.85 bits per heavy atom. The third kappa shape index (κ3) is 3.38. The number of amides is 1. The number of sulfone groups is 1. The quantitative estimate of drug-likeness (QED) is 0.803. The van der Waals surface area contributed by atoms with E-state index in [9.17, 15) is 13.2 Å². The van der Waals surface area contributed by atoms with E-state index < -0.39 is 9.84 Å². The predicted molar refractivity (Wildman–Crippen MR) is 100 cm³/mol. The minimum absolute atomic E-state index is 0.0621. The number of carbonyl (C=O) groups is 1. The molecule has 6 nitrogen and oxygen atoms in total.